The molecule has 3 aromatic rings. The zero-order valence-electron chi connectivity index (χ0n) is 21.8. The van der Waals surface area contributed by atoms with E-state index in [2.05, 4.69) is 5.32 Å². The third kappa shape index (κ3) is 7.84. The van der Waals surface area contributed by atoms with Crippen molar-refractivity contribution in [2.45, 2.75) is 56.5 Å². The van der Waals surface area contributed by atoms with Gasteiger partial charge in [0.05, 0.1) is 12.9 Å². The lowest BCUT2D eigenvalue weighted by Crippen LogP contribution is -2.52. The van der Waals surface area contributed by atoms with Crippen LogP contribution in [0, 0.1) is 5.82 Å². The summed E-state index contributed by atoms with van der Waals surface area (Å²) in [7, 11) is 1.63. The summed E-state index contributed by atoms with van der Waals surface area (Å²) in [5.41, 5.74) is 2.42. The zero-order chi connectivity index (χ0) is 26.7. The Hall–Kier alpha value is -3.32. The van der Waals surface area contributed by atoms with E-state index < -0.39 is 6.04 Å². The Morgan fingerprint density at radius 2 is 1.66 bits per heavy atom. The number of carbonyl (C=O) groups is 2. The van der Waals surface area contributed by atoms with E-state index in [0.717, 1.165) is 42.6 Å². The molecule has 200 valence electrons. The number of hydrogen-bond acceptors (Lipinski definition) is 4. The molecule has 1 unspecified atom stereocenters. The van der Waals surface area contributed by atoms with Gasteiger partial charge in [-0.2, -0.15) is 0 Å². The first-order valence-corrected chi connectivity index (χ1v) is 14.3. The molecule has 0 bridgehead atoms. The number of methoxy groups -OCH3 is 1. The molecule has 5 nitrogen and oxygen atoms in total. The van der Waals surface area contributed by atoms with Crippen LogP contribution in [0.25, 0.3) is 0 Å². The van der Waals surface area contributed by atoms with Gasteiger partial charge in [0, 0.05) is 30.3 Å². The monoisotopic (exact) mass is 534 g/mol. The van der Waals surface area contributed by atoms with Gasteiger partial charge >= 0.3 is 0 Å². The average Bonchev–Trinajstić information content (AvgIpc) is 3.45. The molecule has 1 atom stereocenters. The minimum atomic E-state index is -0.744. The number of halogens is 1. The number of rotatable bonds is 12. The van der Waals surface area contributed by atoms with E-state index >= 15 is 0 Å². The Morgan fingerprint density at radius 1 is 0.974 bits per heavy atom. The van der Waals surface area contributed by atoms with Crippen molar-refractivity contribution in [3.63, 3.8) is 0 Å². The van der Waals surface area contributed by atoms with Gasteiger partial charge in [0.25, 0.3) is 0 Å². The van der Waals surface area contributed by atoms with Crippen molar-refractivity contribution in [1.29, 1.82) is 0 Å². The number of nitrogens with zero attached hydrogens (tertiary/aromatic N) is 1. The lowest BCUT2D eigenvalue weighted by molar-refractivity contribution is -0.139. The van der Waals surface area contributed by atoms with Crippen LogP contribution in [0.5, 0.6) is 5.75 Å². The lowest BCUT2D eigenvalue weighted by Gasteiger charge is -2.32. The lowest BCUT2D eigenvalue weighted by atomic mass is 10.0. The molecule has 0 aromatic heterocycles. The summed E-state index contributed by atoms with van der Waals surface area (Å²) >= 11 is 1.48. The minimum absolute atomic E-state index is 0.0319. The number of amides is 2. The second-order valence-corrected chi connectivity index (χ2v) is 10.6. The first-order valence-electron chi connectivity index (χ1n) is 13.1. The van der Waals surface area contributed by atoms with E-state index in [9.17, 15) is 14.0 Å². The van der Waals surface area contributed by atoms with Gasteiger partial charge in [-0.15, -0.1) is 11.8 Å². The SMILES string of the molecule is COc1ccc(CSCC(=O)N(Cc2ccccc2F)C(Cc2ccccc2)C(=O)NC2CCCC2)cc1. The molecule has 38 heavy (non-hydrogen) atoms. The van der Waals surface area contributed by atoms with Crippen LogP contribution in [0.4, 0.5) is 4.39 Å². The van der Waals surface area contributed by atoms with E-state index in [0.29, 0.717) is 17.7 Å². The van der Waals surface area contributed by atoms with Crippen LogP contribution in [0.2, 0.25) is 0 Å². The van der Waals surface area contributed by atoms with Gasteiger partial charge in [-0.05, 0) is 42.2 Å². The Kier molecular flexibility index (Phi) is 10.2. The van der Waals surface area contributed by atoms with Crippen LogP contribution in [-0.2, 0) is 28.3 Å². The van der Waals surface area contributed by atoms with Crippen LogP contribution in [-0.4, -0.2) is 41.7 Å². The van der Waals surface area contributed by atoms with E-state index in [1.54, 1.807) is 30.2 Å². The molecular formula is C31H35FN2O3S. The van der Waals surface area contributed by atoms with Gasteiger partial charge in [-0.1, -0.05) is 73.5 Å². The van der Waals surface area contributed by atoms with Crippen molar-refractivity contribution in [2.75, 3.05) is 12.9 Å². The van der Waals surface area contributed by atoms with E-state index in [-0.39, 0.29) is 36.0 Å². The fourth-order valence-electron chi connectivity index (χ4n) is 4.79. The fourth-order valence-corrected chi connectivity index (χ4v) is 5.66. The van der Waals surface area contributed by atoms with Crippen LogP contribution < -0.4 is 10.1 Å². The molecule has 1 saturated carbocycles. The van der Waals surface area contributed by atoms with Crippen molar-refractivity contribution in [3.05, 3.63) is 101 Å². The third-order valence-corrected chi connectivity index (χ3v) is 7.91. The first-order chi connectivity index (χ1) is 18.5. The molecule has 1 N–H and O–H groups in total. The Bertz CT molecular complexity index is 1180. The molecule has 1 aliphatic carbocycles. The molecular weight excluding hydrogens is 499 g/mol. The zero-order valence-corrected chi connectivity index (χ0v) is 22.6. The van der Waals surface area contributed by atoms with Gasteiger partial charge in [0.1, 0.15) is 17.6 Å². The highest BCUT2D eigenvalue weighted by atomic mass is 32.2. The summed E-state index contributed by atoms with van der Waals surface area (Å²) in [4.78, 5) is 28.9. The van der Waals surface area contributed by atoms with Crippen molar-refractivity contribution >= 4 is 23.6 Å². The first kappa shape index (κ1) is 27.7. The molecule has 0 saturated heterocycles. The van der Waals surface area contributed by atoms with Crippen molar-refractivity contribution in [1.82, 2.24) is 10.2 Å². The normalized spacial score (nSPS) is 14.2. The highest BCUT2D eigenvalue weighted by Gasteiger charge is 2.32. The van der Waals surface area contributed by atoms with Gasteiger partial charge in [-0.3, -0.25) is 9.59 Å². The minimum Gasteiger partial charge on any atom is -0.497 e. The fraction of sp³-hybridized carbons (Fsp3) is 0.355. The molecule has 2 amide bonds. The molecule has 4 rings (SSSR count). The number of nitrogens with one attached hydrogen (secondary N) is 1. The number of carbonyl (C=O) groups excluding carboxylic acids is 2. The third-order valence-electron chi connectivity index (χ3n) is 6.92. The Labute approximate surface area is 228 Å². The molecule has 1 fully saturated rings. The van der Waals surface area contributed by atoms with Gasteiger partial charge in [0.2, 0.25) is 11.8 Å². The second kappa shape index (κ2) is 14.0. The molecule has 1 aliphatic rings. The number of benzene rings is 3. The van der Waals surface area contributed by atoms with E-state index in [1.807, 2.05) is 54.6 Å². The predicted molar refractivity (Wildman–Crippen MR) is 150 cm³/mol. The standard InChI is InChI=1S/C31H35FN2O3S/c1-37-27-17-15-24(16-18-27)21-38-22-30(35)34(20-25-11-5-8-14-28(25)32)29(19-23-9-3-2-4-10-23)31(36)33-26-12-6-7-13-26/h2-5,8-11,14-18,26,29H,6-7,12-13,19-22H2,1H3,(H,33,36). The van der Waals surface area contributed by atoms with Crippen LogP contribution in [0.3, 0.4) is 0 Å². The number of hydrogen-bond donors (Lipinski definition) is 1. The smallest absolute Gasteiger partial charge is 0.243 e. The van der Waals surface area contributed by atoms with Crippen molar-refractivity contribution < 1.29 is 18.7 Å². The second-order valence-electron chi connectivity index (χ2n) is 9.65. The Morgan fingerprint density at radius 3 is 2.34 bits per heavy atom. The Balaban J connectivity index is 1.55. The molecule has 0 heterocycles. The van der Waals surface area contributed by atoms with Crippen molar-refractivity contribution in [3.8, 4) is 5.75 Å². The van der Waals surface area contributed by atoms with E-state index in [4.69, 9.17) is 4.74 Å². The van der Waals surface area contributed by atoms with Crippen LogP contribution in [0.1, 0.15) is 42.4 Å². The van der Waals surface area contributed by atoms with Crippen LogP contribution >= 0.6 is 11.8 Å². The maximum Gasteiger partial charge on any atom is 0.243 e. The van der Waals surface area contributed by atoms with Crippen molar-refractivity contribution in [2.24, 2.45) is 0 Å². The van der Waals surface area contributed by atoms with Crippen LogP contribution in [0.15, 0.2) is 78.9 Å². The predicted octanol–water partition coefficient (Wildman–Crippen LogP) is 5.77. The van der Waals surface area contributed by atoms with E-state index in [1.165, 1.54) is 17.8 Å². The van der Waals surface area contributed by atoms with Gasteiger partial charge in [-0.25, -0.2) is 4.39 Å². The molecule has 0 aliphatic heterocycles. The summed E-state index contributed by atoms with van der Waals surface area (Å²) in [5.74, 6) is 0.859. The molecule has 3 aromatic carbocycles. The molecule has 7 heteroatoms. The summed E-state index contributed by atoms with van der Waals surface area (Å²) in [6.45, 7) is 0.0319. The number of thioether (sulfide) groups is 1. The molecule has 0 radical (unpaired) electrons. The maximum atomic E-state index is 14.7. The highest BCUT2D eigenvalue weighted by molar-refractivity contribution is 7.99. The summed E-state index contributed by atoms with van der Waals surface area (Å²) < 4.78 is 19.9. The average molecular weight is 535 g/mol. The quantitative estimate of drug-likeness (QED) is 0.321. The van der Waals surface area contributed by atoms with Gasteiger partial charge in [0.15, 0.2) is 0 Å². The number of ether oxygens (including phenoxy) is 1. The summed E-state index contributed by atoms with van der Waals surface area (Å²) in [6, 6.07) is 23.3. The topological polar surface area (TPSA) is 58.6 Å². The molecule has 0 spiro atoms. The maximum absolute atomic E-state index is 14.7. The summed E-state index contributed by atoms with van der Waals surface area (Å²) in [6.07, 6.45) is 4.44. The summed E-state index contributed by atoms with van der Waals surface area (Å²) in [5, 5.41) is 3.18. The largest absolute Gasteiger partial charge is 0.497 e. The van der Waals surface area contributed by atoms with Gasteiger partial charge < -0.3 is 15.0 Å². The highest BCUT2D eigenvalue weighted by Crippen LogP contribution is 2.22.